The van der Waals surface area contributed by atoms with E-state index in [2.05, 4.69) is 0 Å². The van der Waals surface area contributed by atoms with Gasteiger partial charge in [-0.3, -0.25) is 9.59 Å². The Morgan fingerprint density at radius 2 is 2.09 bits per heavy atom. The van der Waals surface area contributed by atoms with Gasteiger partial charge in [-0.15, -0.1) is 11.8 Å². The predicted molar refractivity (Wildman–Crippen MR) is 91.6 cm³/mol. The monoisotopic (exact) mass is 354 g/mol. The van der Waals surface area contributed by atoms with E-state index in [-0.39, 0.29) is 23.1 Å². The second-order valence-corrected chi connectivity index (χ2v) is 6.34. The van der Waals surface area contributed by atoms with Gasteiger partial charge >= 0.3 is 0 Å². The van der Waals surface area contributed by atoms with E-state index in [1.54, 1.807) is 19.1 Å². The lowest BCUT2D eigenvalue weighted by Crippen LogP contribution is -2.16. The zero-order valence-corrected chi connectivity index (χ0v) is 14.9. The zero-order valence-electron chi connectivity index (χ0n) is 13.3. The van der Waals surface area contributed by atoms with Gasteiger partial charge in [0.2, 0.25) is 5.78 Å². The number of carbonyl (C=O) groups excluding carboxylic acids is 2. The van der Waals surface area contributed by atoms with Crippen molar-refractivity contribution in [2.24, 2.45) is 5.92 Å². The Kier molecular flexibility index (Phi) is 6.13. The molecule has 1 saturated carbocycles. The third kappa shape index (κ3) is 3.90. The molecule has 0 aromatic heterocycles. The first-order chi connectivity index (χ1) is 11.0. The summed E-state index contributed by atoms with van der Waals surface area (Å²) in [6.45, 7) is 2.19. The van der Waals surface area contributed by atoms with Crippen molar-refractivity contribution in [3.8, 4) is 5.75 Å². The number of rotatable bonds is 8. The number of halogens is 1. The molecule has 23 heavy (non-hydrogen) atoms. The summed E-state index contributed by atoms with van der Waals surface area (Å²) in [7, 11) is 1.48. The number of methoxy groups -OCH3 is 1. The first kappa shape index (κ1) is 17.9. The molecular weight excluding hydrogens is 336 g/mol. The van der Waals surface area contributed by atoms with E-state index in [4.69, 9.17) is 21.1 Å². The average molecular weight is 355 g/mol. The number of hydrogen-bond donors (Lipinski definition) is 0. The van der Waals surface area contributed by atoms with Crippen LogP contribution in [0.2, 0.25) is 5.02 Å². The molecule has 0 aliphatic heterocycles. The maximum absolute atomic E-state index is 12.9. The minimum atomic E-state index is -0.390. The number of Topliss-reactive ketones (excluding diaryl/α,β-unsaturated/α-hetero) is 2. The highest BCUT2D eigenvalue weighted by molar-refractivity contribution is 7.98. The summed E-state index contributed by atoms with van der Waals surface area (Å²) in [6, 6.07) is 3.23. The molecule has 1 aliphatic carbocycles. The standard InChI is InChI=1S/C17H19ClO4S/c1-4-22-9-12(14(19)10-5-6-10)15(20)11-7-8-13(18)17(23-3)16(11)21-2/h7-10H,4-6H2,1-3H3. The molecule has 0 spiro atoms. The van der Waals surface area contributed by atoms with Gasteiger partial charge in [0.1, 0.15) is 11.3 Å². The van der Waals surface area contributed by atoms with E-state index in [1.807, 2.05) is 6.26 Å². The summed E-state index contributed by atoms with van der Waals surface area (Å²) < 4.78 is 10.6. The number of ether oxygens (including phenoxy) is 2. The van der Waals surface area contributed by atoms with Crippen molar-refractivity contribution in [1.82, 2.24) is 0 Å². The fourth-order valence-corrected chi connectivity index (χ4v) is 3.23. The molecule has 0 saturated heterocycles. The molecule has 0 heterocycles. The lowest BCUT2D eigenvalue weighted by Gasteiger charge is -2.14. The van der Waals surface area contributed by atoms with Crippen molar-refractivity contribution < 1.29 is 19.1 Å². The topological polar surface area (TPSA) is 52.6 Å². The SMILES string of the molecule is CCOC=C(C(=O)c1ccc(Cl)c(SC)c1OC)C(=O)C1CC1. The van der Waals surface area contributed by atoms with Crippen LogP contribution in [-0.4, -0.2) is 31.5 Å². The molecule has 0 atom stereocenters. The first-order valence-corrected chi connectivity index (χ1v) is 8.96. The van der Waals surface area contributed by atoms with Gasteiger partial charge in [-0.25, -0.2) is 0 Å². The van der Waals surface area contributed by atoms with E-state index in [1.165, 1.54) is 25.1 Å². The summed E-state index contributed by atoms with van der Waals surface area (Å²) in [4.78, 5) is 26.0. The van der Waals surface area contributed by atoms with Crippen LogP contribution in [0.15, 0.2) is 28.9 Å². The Bertz CT molecular complexity index is 650. The van der Waals surface area contributed by atoms with Crippen molar-refractivity contribution in [2.75, 3.05) is 20.0 Å². The molecule has 1 aromatic carbocycles. The van der Waals surface area contributed by atoms with E-state index in [0.29, 0.717) is 27.8 Å². The van der Waals surface area contributed by atoms with Crippen LogP contribution in [0.5, 0.6) is 5.75 Å². The molecule has 0 bridgehead atoms. The molecule has 0 radical (unpaired) electrons. The third-order valence-electron chi connectivity index (χ3n) is 3.54. The van der Waals surface area contributed by atoms with Crippen LogP contribution in [0.1, 0.15) is 30.1 Å². The van der Waals surface area contributed by atoms with Crippen molar-refractivity contribution in [3.05, 3.63) is 34.6 Å². The predicted octanol–water partition coefficient (Wildman–Crippen LogP) is 4.15. The molecule has 1 fully saturated rings. The first-order valence-electron chi connectivity index (χ1n) is 7.36. The smallest absolute Gasteiger partial charge is 0.203 e. The van der Waals surface area contributed by atoms with E-state index < -0.39 is 0 Å². The molecule has 124 valence electrons. The quantitative estimate of drug-likeness (QED) is 0.175. The molecule has 0 amide bonds. The highest BCUT2D eigenvalue weighted by Crippen LogP contribution is 2.39. The molecule has 6 heteroatoms. The highest BCUT2D eigenvalue weighted by Gasteiger charge is 2.36. The molecular formula is C17H19ClO4S. The zero-order chi connectivity index (χ0) is 17.0. The van der Waals surface area contributed by atoms with Crippen LogP contribution >= 0.6 is 23.4 Å². The molecule has 2 rings (SSSR count). The van der Waals surface area contributed by atoms with Crippen LogP contribution in [0.4, 0.5) is 0 Å². The maximum atomic E-state index is 12.9. The normalized spacial score (nSPS) is 14.5. The Morgan fingerprint density at radius 3 is 2.61 bits per heavy atom. The average Bonchev–Trinajstić information content (AvgIpc) is 3.39. The van der Waals surface area contributed by atoms with E-state index in [9.17, 15) is 9.59 Å². The summed E-state index contributed by atoms with van der Waals surface area (Å²) in [5, 5.41) is 0.509. The van der Waals surface area contributed by atoms with Crippen molar-refractivity contribution in [1.29, 1.82) is 0 Å². The van der Waals surface area contributed by atoms with Crippen LogP contribution < -0.4 is 4.74 Å². The largest absolute Gasteiger partial charge is 0.501 e. The van der Waals surface area contributed by atoms with Crippen LogP contribution in [0.3, 0.4) is 0 Å². The van der Waals surface area contributed by atoms with Crippen molar-refractivity contribution in [2.45, 2.75) is 24.7 Å². The molecule has 4 nitrogen and oxygen atoms in total. The minimum absolute atomic E-state index is 0.0658. The molecule has 0 N–H and O–H groups in total. The number of benzene rings is 1. The number of allylic oxidation sites excluding steroid dienone is 1. The van der Waals surface area contributed by atoms with Gasteiger partial charge in [-0.1, -0.05) is 11.6 Å². The molecule has 1 aliphatic rings. The van der Waals surface area contributed by atoms with Crippen molar-refractivity contribution >= 4 is 34.9 Å². The summed E-state index contributed by atoms with van der Waals surface area (Å²) in [5.74, 6) is -0.227. The minimum Gasteiger partial charge on any atom is -0.501 e. The summed E-state index contributed by atoms with van der Waals surface area (Å²) in [6.07, 6.45) is 4.77. The number of thioether (sulfide) groups is 1. The van der Waals surface area contributed by atoms with Gasteiger partial charge in [0.05, 0.1) is 35.5 Å². The van der Waals surface area contributed by atoms with Crippen molar-refractivity contribution in [3.63, 3.8) is 0 Å². The summed E-state index contributed by atoms with van der Waals surface area (Å²) >= 11 is 7.54. The van der Waals surface area contributed by atoms with Crippen LogP contribution in [0.25, 0.3) is 0 Å². The molecule has 0 unspecified atom stereocenters. The Balaban J connectivity index is 2.45. The Hall–Kier alpha value is -1.46. The fourth-order valence-electron chi connectivity index (χ4n) is 2.21. The second kappa shape index (κ2) is 7.88. The van der Waals surface area contributed by atoms with Gasteiger partial charge in [0, 0.05) is 5.92 Å². The van der Waals surface area contributed by atoms with Gasteiger partial charge < -0.3 is 9.47 Å². The van der Waals surface area contributed by atoms with Gasteiger partial charge in [0.25, 0.3) is 0 Å². The van der Waals surface area contributed by atoms with Gasteiger partial charge in [-0.05, 0) is 38.2 Å². The second-order valence-electron chi connectivity index (χ2n) is 5.12. The van der Waals surface area contributed by atoms with Gasteiger partial charge in [0.15, 0.2) is 5.78 Å². The summed E-state index contributed by atoms with van der Waals surface area (Å²) in [5.41, 5.74) is 0.392. The maximum Gasteiger partial charge on any atom is 0.203 e. The van der Waals surface area contributed by atoms with Crippen LogP contribution in [0, 0.1) is 5.92 Å². The third-order valence-corrected chi connectivity index (χ3v) is 4.78. The number of ketones is 2. The lowest BCUT2D eigenvalue weighted by molar-refractivity contribution is -0.116. The number of carbonyl (C=O) groups is 2. The van der Waals surface area contributed by atoms with E-state index >= 15 is 0 Å². The Morgan fingerprint density at radius 1 is 1.39 bits per heavy atom. The van der Waals surface area contributed by atoms with Crippen LogP contribution in [-0.2, 0) is 9.53 Å². The Labute approximate surface area is 145 Å². The highest BCUT2D eigenvalue weighted by atomic mass is 35.5. The lowest BCUT2D eigenvalue weighted by atomic mass is 9.98. The fraction of sp³-hybridized carbons (Fsp3) is 0.412. The van der Waals surface area contributed by atoms with Gasteiger partial charge in [-0.2, -0.15) is 0 Å². The van der Waals surface area contributed by atoms with E-state index in [0.717, 1.165) is 12.8 Å². The number of hydrogen-bond acceptors (Lipinski definition) is 5. The molecule has 1 aromatic rings.